The smallest absolute Gasteiger partial charge is 0.167 e. The molecule has 1 aliphatic heterocycles. The van der Waals surface area contributed by atoms with Gasteiger partial charge in [0.1, 0.15) is 0 Å². The van der Waals surface area contributed by atoms with Gasteiger partial charge in [-0.25, -0.2) is 0 Å². The van der Waals surface area contributed by atoms with Crippen LogP contribution in [0.1, 0.15) is 18.4 Å². The van der Waals surface area contributed by atoms with Gasteiger partial charge in [0.05, 0.1) is 12.7 Å². The summed E-state index contributed by atoms with van der Waals surface area (Å²) in [7, 11) is 0. The van der Waals surface area contributed by atoms with Crippen LogP contribution in [0.15, 0.2) is 24.3 Å². The fourth-order valence-electron chi connectivity index (χ4n) is 2.36. The lowest BCUT2D eigenvalue weighted by Crippen LogP contribution is -2.45. The van der Waals surface area contributed by atoms with Crippen molar-refractivity contribution in [2.24, 2.45) is 0 Å². The number of aldehydes is 1. The van der Waals surface area contributed by atoms with Crippen LogP contribution in [-0.4, -0.2) is 48.3 Å². The molecule has 0 saturated carbocycles. The molecule has 1 aliphatic rings. The Balaban J connectivity index is 1.79. The van der Waals surface area contributed by atoms with Crippen molar-refractivity contribution in [1.29, 1.82) is 0 Å². The van der Waals surface area contributed by atoms with E-state index in [0.29, 0.717) is 39.0 Å². The number of hydrogen-bond donors (Lipinski definition) is 1. The van der Waals surface area contributed by atoms with Crippen LogP contribution in [0, 0.1) is 0 Å². The largest absolute Gasteiger partial charge is 0.393 e. The number of benzene rings is 1. The van der Waals surface area contributed by atoms with E-state index in [2.05, 4.69) is 0 Å². The summed E-state index contributed by atoms with van der Waals surface area (Å²) in [5, 5.41) is 10.2. The molecule has 0 aromatic heterocycles. The van der Waals surface area contributed by atoms with Crippen LogP contribution in [0.2, 0.25) is 5.02 Å². The van der Waals surface area contributed by atoms with Gasteiger partial charge >= 0.3 is 0 Å². The number of nitrogens with zero attached hydrogens (tertiary/aromatic N) is 1. The minimum atomic E-state index is -0.523. The van der Waals surface area contributed by atoms with Crippen LogP contribution in [0.3, 0.4) is 0 Å². The van der Waals surface area contributed by atoms with Crippen molar-refractivity contribution in [3.8, 4) is 0 Å². The summed E-state index contributed by atoms with van der Waals surface area (Å²) >= 11 is 6.07. The van der Waals surface area contributed by atoms with Crippen molar-refractivity contribution in [1.82, 2.24) is 4.90 Å². The van der Waals surface area contributed by atoms with Gasteiger partial charge in [-0.1, -0.05) is 29.8 Å². The summed E-state index contributed by atoms with van der Waals surface area (Å²) in [5.74, 6) is 0. The highest BCUT2D eigenvalue weighted by Crippen LogP contribution is 2.16. The zero-order chi connectivity index (χ0) is 14.4. The molecule has 1 aromatic carbocycles. The molecule has 0 bridgehead atoms. The van der Waals surface area contributed by atoms with Gasteiger partial charge in [0.2, 0.25) is 0 Å². The van der Waals surface area contributed by atoms with E-state index in [1.54, 1.807) is 0 Å². The molecular formula is C15H20ClNO3. The Hall–Kier alpha value is -0.940. The average molecular weight is 298 g/mol. The van der Waals surface area contributed by atoms with Crippen LogP contribution >= 0.6 is 11.6 Å². The zero-order valence-corrected chi connectivity index (χ0v) is 12.1. The van der Waals surface area contributed by atoms with Crippen molar-refractivity contribution in [3.63, 3.8) is 0 Å². The molecule has 1 unspecified atom stereocenters. The second-order valence-electron chi connectivity index (χ2n) is 5.01. The Bertz CT molecular complexity index is 433. The molecule has 2 rings (SSSR count). The Kier molecular flexibility index (Phi) is 5.98. The maximum atomic E-state index is 11.1. The summed E-state index contributed by atoms with van der Waals surface area (Å²) in [6, 6.07) is 7.63. The fraction of sp³-hybridized carbons (Fsp3) is 0.533. The minimum Gasteiger partial charge on any atom is -0.393 e. The second-order valence-corrected chi connectivity index (χ2v) is 5.41. The molecule has 4 nitrogen and oxygen atoms in total. The molecule has 1 aromatic rings. The number of ether oxygens (including phenoxy) is 1. The van der Waals surface area contributed by atoms with E-state index in [1.165, 1.54) is 0 Å². The van der Waals surface area contributed by atoms with Crippen LogP contribution in [0.5, 0.6) is 0 Å². The van der Waals surface area contributed by atoms with E-state index < -0.39 is 6.23 Å². The lowest BCUT2D eigenvalue weighted by molar-refractivity contribution is -0.134. The molecule has 0 aliphatic carbocycles. The number of aliphatic hydroxyl groups excluding tert-OH is 1. The number of carbonyl (C=O) groups is 1. The van der Waals surface area contributed by atoms with E-state index in [0.717, 1.165) is 16.9 Å². The van der Waals surface area contributed by atoms with Gasteiger partial charge in [-0.15, -0.1) is 0 Å². The first-order chi connectivity index (χ1) is 9.70. The lowest BCUT2D eigenvalue weighted by Gasteiger charge is -2.33. The number of halogens is 1. The van der Waals surface area contributed by atoms with Crippen LogP contribution in [0.4, 0.5) is 0 Å². The van der Waals surface area contributed by atoms with E-state index in [1.807, 2.05) is 29.2 Å². The lowest BCUT2D eigenvalue weighted by atomic mass is 10.1. The fourth-order valence-corrected chi connectivity index (χ4v) is 2.59. The van der Waals surface area contributed by atoms with Gasteiger partial charge < -0.3 is 9.84 Å². The SMILES string of the molecule is O=CC(OCCc1ccccc1Cl)N1CCC(O)CC1. The number of likely N-dealkylation sites (tertiary alicyclic amines) is 1. The first-order valence-electron chi connectivity index (χ1n) is 6.93. The predicted octanol–water partition coefficient (Wildman–Crippen LogP) is 1.88. The molecule has 1 fully saturated rings. The van der Waals surface area contributed by atoms with Crippen LogP contribution in [-0.2, 0) is 16.0 Å². The van der Waals surface area contributed by atoms with Crippen molar-refractivity contribution in [2.75, 3.05) is 19.7 Å². The highest BCUT2D eigenvalue weighted by molar-refractivity contribution is 6.31. The van der Waals surface area contributed by atoms with E-state index in [4.69, 9.17) is 16.3 Å². The van der Waals surface area contributed by atoms with Crippen LogP contribution < -0.4 is 0 Å². The average Bonchev–Trinajstić information content (AvgIpc) is 2.47. The van der Waals surface area contributed by atoms with E-state index in [-0.39, 0.29) is 6.10 Å². The Morgan fingerprint density at radius 3 is 2.75 bits per heavy atom. The minimum absolute atomic E-state index is 0.248. The maximum absolute atomic E-state index is 11.1. The number of hydrogen-bond acceptors (Lipinski definition) is 4. The standard InChI is InChI=1S/C15H20ClNO3/c16-14-4-2-1-3-12(14)7-10-20-15(11-18)17-8-5-13(19)6-9-17/h1-4,11,13,15,19H,5-10H2. The van der Waals surface area contributed by atoms with Crippen LogP contribution in [0.25, 0.3) is 0 Å². The highest BCUT2D eigenvalue weighted by atomic mass is 35.5. The molecule has 0 amide bonds. The molecule has 0 spiro atoms. The Morgan fingerprint density at radius 1 is 1.40 bits per heavy atom. The van der Waals surface area contributed by atoms with Crippen molar-refractivity contribution >= 4 is 17.9 Å². The topological polar surface area (TPSA) is 49.8 Å². The molecule has 110 valence electrons. The highest BCUT2D eigenvalue weighted by Gasteiger charge is 2.24. The van der Waals surface area contributed by atoms with Crippen molar-refractivity contribution < 1.29 is 14.6 Å². The summed E-state index contributed by atoms with van der Waals surface area (Å²) in [6.07, 6.45) is 2.12. The molecular weight excluding hydrogens is 278 g/mol. The van der Waals surface area contributed by atoms with Crippen molar-refractivity contribution in [2.45, 2.75) is 31.6 Å². The number of aliphatic hydroxyl groups is 1. The summed E-state index contributed by atoms with van der Waals surface area (Å²) in [4.78, 5) is 13.1. The van der Waals surface area contributed by atoms with Gasteiger partial charge in [-0.3, -0.25) is 9.69 Å². The number of piperidine rings is 1. The monoisotopic (exact) mass is 297 g/mol. The van der Waals surface area contributed by atoms with Crippen molar-refractivity contribution in [3.05, 3.63) is 34.9 Å². The van der Waals surface area contributed by atoms with Gasteiger partial charge in [0.25, 0.3) is 0 Å². The predicted molar refractivity (Wildman–Crippen MR) is 77.8 cm³/mol. The van der Waals surface area contributed by atoms with Gasteiger partial charge in [-0.05, 0) is 30.9 Å². The molecule has 1 saturated heterocycles. The first-order valence-corrected chi connectivity index (χ1v) is 7.31. The summed E-state index contributed by atoms with van der Waals surface area (Å²) in [6.45, 7) is 1.83. The molecule has 1 N–H and O–H groups in total. The molecule has 20 heavy (non-hydrogen) atoms. The van der Waals surface area contributed by atoms with E-state index >= 15 is 0 Å². The second kappa shape index (κ2) is 7.74. The molecule has 5 heteroatoms. The zero-order valence-electron chi connectivity index (χ0n) is 11.4. The van der Waals surface area contributed by atoms with Gasteiger partial charge in [0.15, 0.2) is 12.5 Å². The molecule has 1 atom stereocenters. The normalized spacial score (nSPS) is 18.9. The van der Waals surface area contributed by atoms with E-state index in [9.17, 15) is 9.90 Å². The third-order valence-corrected chi connectivity index (χ3v) is 3.96. The molecule has 1 heterocycles. The quantitative estimate of drug-likeness (QED) is 0.815. The Morgan fingerprint density at radius 2 is 2.10 bits per heavy atom. The number of carbonyl (C=O) groups excluding carboxylic acids is 1. The van der Waals surface area contributed by atoms with Gasteiger partial charge in [-0.2, -0.15) is 0 Å². The third-order valence-electron chi connectivity index (χ3n) is 3.59. The summed E-state index contributed by atoms with van der Waals surface area (Å²) in [5.41, 5.74) is 1.02. The maximum Gasteiger partial charge on any atom is 0.167 e. The van der Waals surface area contributed by atoms with Gasteiger partial charge in [0, 0.05) is 18.1 Å². The third kappa shape index (κ3) is 4.28. The Labute approximate surface area is 124 Å². The first kappa shape index (κ1) is 15.4. The number of rotatable bonds is 6. The summed E-state index contributed by atoms with van der Waals surface area (Å²) < 4.78 is 5.64. The molecule has 0 radical (unpaired) electrons.